The van der Waals surface area contributed by atoms with Gasteiger partial charge in [-0.25, -0.2) is 5.06 Å². The zero-order chi connectivity index (χ0) is 12.0. The zero-order valence-electron chi connectivity index (χ0n) is 9.01. The van der Waals surface area contributed by atoms with Crippen LogP contribution in [0.3, 0.4) is 0 Å². The van der Waals surface area contributed by atoms with Gasteiger partial charge in [-0.1, -0.05) is 24.1 Å². The highest BCUT2D eigenvalue weighted by Crippen LogP contribution is 2.11. The molecule has 1 aromatic carbocycles. The highest BCUT2D eigenvalue weighted by molar-refractivity contribution is 5.94. The predicted molar refractivity (Wildman–Crippen MR) is 59.2 cm³/mol. The van der Waals surface area contributed by atoms with Crippen LogP contribution >= 0.6 is 0 Å². The third-order valence-corrected chi connectivity index (χ3v) is 2.05. The van der Waals surface area contributed by atoms with Crippen molar-refractivity contribution in [3.05, 3.63) is 35.4 Å². The van der Waals surface area contributed by atoms with Crippen molar-refractivity contribution < 1.29 is 14.7 Å². The number of terminal acetylenes is 1. The van der Waals surface area contributed by atoms with Crippen LogP contribution in [0, 0.1) is 12.3 Å². The van der Waals surface area contributed by atoms with Gasteiger partial charge in [-0.2, -0.15) is 0 Å². The van der Waals surface area contributed by atoms with Crippen LogP contribution in [0.4, 0.5) is 0 Å². The molecule has 4 nitrogen and oxygen atoms in total. The molecule has 0 bridgehead atoms. The van der Waals surface area contributed by atoms with E-state index in [1.54, 1.807) is 24.3 Å². The Morgan fingerprint density at radius 3 is 2.88 bits per heavy atom. The van der Waals surface area contributed by atoms with E-state index in [0.717, 1.165) is 5.06 Å². The highest BCUT2D eigenvalue weighted by atomic mass is 16.7. The molecule has 1 rings (SSSR count). The molecule has 0 unspecified atom stereocenters. The number of hydrogen-bond acceptors (Lipinski definition) is 3. The van der Waals surface area contributed by atoms with Crippen molar-refractivity contribution in [2.45, 2.75) is 6.61 Å². The lowest BCUT2D eigenvalue weighted by Crippen LogP contribution is -2.28. The van der Waals surface area contributed by atoms with E-state index in [0.29, 0.717) is 11.1 Å². The van der Waals surface area contributed by atoms with Crippen LogP contribution in [0.2, 0.25) is 0 Å². The Morgan fingerprint density at radius 1 is 1.56 bits per heavy atom. The van der Waals surface area contributed by atoms with Crippen molar-refractivity contribution in [1.29, 1.82) is 0 Å². The summed E-state index contributed by atoms with van der Waals surface area (Å²) in [7, 11) is 1.48. The van der Waals surface area contributed by atoms with Crippen molar-refractivity contribution >= 4 is 5.91 Å². The molecule has 0 heterocycles. The summed E-state index contributed by atoms with van der Waals surface area (Å²) in [6, 6.07) is 6.79. The number of amides is 1. The Kier molecular flexibility index (Phi) is 4.52. The van der Waals surface area contributed by atoms with Crippen molar-refractivity contribution in [2.75, 3.05) is 13.7 Å². The number of hydroxylamine groups is 2. The van der Waals surface area contributed by atoms with Crippen molar-refractivity contribution in [3.8, 4) is 12.3 Å². The number of carbonyl (C=O) groups excluding carboxylic acids is 1. The van der Waals surface area contributed by atoms with Crippen LogP contribution in [0.1, 0.15) is 15.9 Å². The van der Waals surface area contributed by atoms with Gasteiger partial charge in [-0.15, -0.1) is 6.42 Å². The van der Waals surface area contributed by atoms with E-state index < -0.39 is 0 Å². The van der Waals surface area contributed by atoms with E-state index in [1.807, 2.05) is 0 Å². The van der Waals surface area contributed by atoms with E-state index in [4.69, 9.17) is 16.4 Å². The number of nitrogens with zero attached hydrogens (tertiary/aromatic N) is 1. The summed E-state index contributed by atoms with van der Waals surface area (Å²) < 4.78 is 0. The standard InChI is InChI=1S/C12H13NO3/c1-3-8-16-13(2)12(15)11-7-5-4-6-10(11)9-14/h1,4-7,14H,8-9H2,2H3. The number of carbonyl (C=O) groups is 1. The molecule has 16 heavy (non-hydrogen) atoms. The lowest BCUT2D eigenvalue weighted by atomic mass is 10.1. The number of benzene rings is 1. The molecule has 0 saturated carbocycles. The fourth-order valence-corrected chi connectivity index (χ4v) is 1.23. The van der Waals surface area contributed by atoms with E-state index in [-0.39, 0.29) is 19.1 Å². The molecule has 0 radical (unpaired) electrons. The average Bonchev–Trinajstić information content (AvgIpc) is 2.34. The van der Waals surface area contributed by atoms with E-state index >= 15 is 0 Å². The van der Waals surface area contributed by atoms with Crippen molar-refractivity contribution in [3.63, 3.8) is 0 Å². The molecule has 0 saturated heterocycles. The summed E-state index contributed by atoms with van der Waals surface area (Å²) in [6.45, 7) is -0.158. The molecule has 4 heteroatoms. The first kappa shape index (κ1) is 12.2. The van der Waals surface area contributed by atoms with Crippen molar-refractivity contribution in [2.24, 2.45) is 0 Å². The molecule has 1 aromatic rings. The van der Waals surface area contributed by atoms with Crippen molar-refractivity contribution in [1.82, 2.24) is 5.06 Å². The van der Waals surface area contributed by atoms with Gasteiger partial charge in [0.2, 0.25) is 0 Å². The minimum Gasteiger partial charge on any atom is -0.392 e. The Balaban J connectivity index is 2.83. The molecule has 0 atom stereocenters. The molecular weight excluding hydrogens is 206 g/mol. The maximum absolute atomic E-state index is 11.9. The molecule has 0 spiro atoms. The molecule has 1 N–H and O–H groups in total. The Labute approximate surface area is 94.4 Å². The smallest absolute Gasteiger partial charge is 0.277 e. The second-order valence-corrected chi connectivity index (χ2v) is 3.10. The fourth-order valence-electron chi connectivity index (χ4n) is 1.23. The summed E-state index contributed by atoms with van der Waals surface area (Å²) in [6.07, 6.45) is 5.02. The van der Waals surface area contributed by atoms with Gasteiger partial charge in [-0.3, -0.25) is 9.63 Å². The largest absolute Gasteiger partial charge is 0.392 e. The zero-order valence-corrected chi connectivity index (χ0v) is 9.01. The second kappa shape index (κ2) is 5.91. The maximum atomic E-state index is 11.9. The molecule has 0 aromatic heterocycles. The molecule has 1 amide bonds. The van der Waals surface area contributed by atoms with Gasteiger partial charge in [0.25, 0.3) is 5.91 Å². The van der Waals surface area contributed by atoms with E-state index in [2.05, 4.69) is 5.92 Å². The summed E-state index contributed by atoms with van der Waals surface area (Å²) in [5, 5.41) is 10.1. The number of aliphatic hydroxyl groups excluding tert-OH is 1. The van der Waals surface area contributed by atoms with E-state index in [9.17, 15) is 4.79 Å². The molecule has 0 aliphatic carbocycles. The lowest BCUT2D eigenvalue weighted by molar-refractivity contribution is -0.0911. The van der Waals surface area contributed by atoms with E-state index in [1.165, 1.54) is 7.05 Å². The maximum Gasteiger partial charge on any atom is 0.277 e. The normalized spacial score (nSPS) is 9.56. The van der Waals surface area contributed by atoms with Gasteiger partial charge >= 0.3 is 0 Å². The summed E-state index contributed by atoms with van der Waals surface area (Å²) in [4.78, 5) is 16.8. The summed E-state index contributed by atoms with van der Waals surface area (Å²) in [5.41, 5.74) is 0.966. The number of aliphatic hydroxyl groups is 1. The van der Waals surface area contributed by atoms with Crippen LogP contribution < -0.4 is 0 Å². The molecule has 0 fully saturated rings. The van der Waals surface area contributed by atoms with Gasteiger partial charge in [-0.05, 0) is 11.6 Å². The monoisotopic (exact) mass is 219 g/mol. The molecule has 0 aliphatic rings. The minimum absolute atomic E-state index is 0.0313. The first-order chi connectivity index (χ1) is 7.70. The number of hydrogen-bond donors (Lipinski definition) is 1. The first-order valence-electron chi connectivity index (χ1n) is 4.74. The van der Waals surface area contributed by atoms with Crippen LogP contribution in [0.25, 0.3) is 0 Å². The summed E-state index contributed by atoms with van der Waals surface area (Å²) >= 11 is 0. The van der Waals surface area contributed by atoms with Gasteiger partial charge < -0.3 is 5.11 Å². The fraction of sp³-hybridized carbons (Fsp3) is 0.250. The van der Waals surface area contributed by atoms with Gasteiger partial charge in [0, 0.05) is 12.6 Å². The first-order valence-corrected chi connectivity index (χ1v) is 4.74. The van der Waals surface area contributed by atoms with Crippen LogP contribution in [0.5, 0.6) is 0 Å². The minimum atomic E-state index is -0.333. The lowest BCUT2D eigenvalue weighted by Gasteiger charge is -2.16. The van der Waals surface area contributed by atoms with Crippen LogP contribution in [-0.2, 0) is 11.4 Å². The summed E-state index contributed by atoms with van der Waals surface area (Å²) in [5.74, 6) is 1.93. The van der Waals surface area contributed by atoms with Gasteiger partial charge in [0.15, 0.2) is 0 Å². The Morgan fingerprint density at radius 2 is 2.25 bits per heavy atom. The van der Waals surface area contributed by atoms with Gasteiger partial charge in [0.05, 0.1) is 6.61 Å². The number of rotatable bonds is 4. The van der Waals surface area contributed by atoms with Crippen LogP contribution in [-0.4, -0.2) is 29.7 Å². The molecule has 84 valence electrons. The third kappa shape index (κ3) is 2.83. The second-order valence-electron chi connectivity index (χ2n) is 3.10. The Bertz CT molecular complexity index is 409. The highest BCUT2D eigenvalue weighted by Gasteiger charge is 2.15. The van der Waals surface area contributed by atoms with Crippen LogP contribution in [0.15, 0.2) is 24.3 Å². The molecule has 0 aliphatic heterocycles. The quantitative estimate of drug-likeness (QED) is 0.602. The predicted octanol–water partition coefficient (Wildman–Crippen LogP) is 0.816. The van der Waals surface area contributed by atoms with Gasteiger partial charge in [0.1, 0.15) is 6.61 Å². The SMILES string of the molecule is C#CCON(C)C(=O)c1ccccc1CO. The molecular formula is C12H13NO3. The Hall–Kier alpha value is -1.83. The third-order valence-electron chi connectivity index (χ3n) is 2.05. The topological polar surface area (TPSA) is 49.8 Å². The average molecular weight is 219 g/mol.